The highest BCUT2D eigenvalue weighted by Crippen LogP contribution is 2.21. The molecule has 0 radical (unpaired) electrons. The summed E-state index contributed by atoms with van der Waals surface area (Å²) < 4.78 is 37.0. The van der Waals surface area contributed by atoms with E-state index in [1.54, 1.807) is 13.8 Å². The van der Waals surface area contributed by atoms with Gasteiger partial charge in [0.2, 0.25) is 0 Å². The smallest absolute Gasteiger partial charge is 0.156 e. The van der Waals surface area contributed by atoms with Gasteiger partial charge in [0.15, 0.2) is 9.84 Å². The Bertz CT molecular complexity index is 509. The van der Waals surface area contributed by atoms with Crippen LogP contribution in [0.25, 0.3) is 0 Å². The first kappa shape index (κ1) is 14.6. The second-order valence-electron chi connectivity index (χ2n) is 4.76. The van der Waals surface area contributed by atoms with Gasteiger partial charge in [-0.2, -0.15) is 0 Å². The van der Waals surface area contributed by atoms with Crippen molar-refractivity contribution in [3.63, 3.8) is 0 Å². The van der Waals surface area contributed by atoms with Crippen LogP contribution in [0.3, 0.4) is 0 Å². The zero-order chi connectivity index (χ0) is 13.3. The molecule has 0 aliphatic carbocycles. The second-order valence-corrected chi connectivity index (χ2v) is 7.68. The van der Waals surface area contributed by atoms with Crippen molar-refractivity contribution in [2.24, 2.45) is 5.73 Å². The topological polar surface area (TPSA) is 60.2 Å². The van der Waals surface area contributed by atoms with Gasteiger partial charge in [-0.3, -0.25) is 0 Å². The van der Waals surface area contributed by atoms with Crippen molar-refractivity contribution >= 4 is 25.8 Å². The van der Waals surface area contributed by atoms with Gasteiger partial charge in [0.1, 0.15) is 5.82 Å². The van der Waals surface area contributed by atoms with E-state index in [-0.39, 0.29) is 11.5 Å². The largest absolute Gasteiger partial charge is 0.325 e. The number of halogens is 2. The Morgan fingerprint density at radius 3 is 2.47 bits per heavy atom. The molecule has 6 heteroatoms. The van der Waals surface area contributed by atoms with Crippen molar-refractivity contribution in [3.05, 3.63) is 34.1 Å². The molecule has 0 aliphatic heterocycles. The summed E-state index contributed by atoms with van der Waals surface area (Å²) in [6, 6.07) is 3.95. The van der Waals surface area contributed by atoms with E-state index in [0.717, 1.165) is 0 Å². The molecule has 0 aliphatic rings. The van der Waals surface area contributed by atoms with Crippen molar-refractivity contribution < 1.29 is 12.8 Å². The minimum absolute atomic E-state index is 0.107. The third kappa shape index (κ3) is 5.14. The molecule has 1 aromatic rings. The Morgan fingerprint density at radius 2 is 2.00 bits per heavy atom. The first-order valence-electron chi connectivity index (χ1n) is 5.02. The minimum Gasteiger partial charge on any atom is -0.325 e. The zero-order valence-corrected chi connectivity index (χ0v) is 12.1. The third-order valence-electron chi connectivity index (χ3n) is 1.98. The van der Waals surface area contributed by atoms with Crippen molar-refractivity contribution in [2.75, 3.05) is 5.75 Å². The molecule has 0 unspecified atom stereocenters. The number of sulfone groups is 1. The fourth-order valence-electron chi connectivity index (χ4n) is 1.49. The highest BCUT2D eigenvalue weighted by molar-refractivity contribution is 9.10. The molecule has 0 amide bonds. The van der Waals surface area contributed by atoms with Crippen LogP contribution in [0.1, 0.15) is 19.4 Å². The summed E-state index contributed by atoms with van der Waals surface area (Å²) in [7, 11) is -3.31. The number of rotatable bonds is 4. The molecule has 2 N–H and O–H groups in total. The quantitative estimate of drug-likeness (QED) is 0.924. The molecule has 17 heavy (non-hydrogen) atoms. The van der Waals surface area contributed by atoms with Crippen LogP contribution < -0.4 is 5.73 Å². The lowest BCUT2D eigenvalue weighted by molar-refractivity contribution is 0.543. The van der Waals surface area contributed by atoms with Crippen molar-refractivity contribution in [1.29, 1.82) is 0 Å². The summed E-state index contributed by atoms with van der Waals surface area (Å²) >= 11 is 3.14. The summed E-state index contributed by atoms with van der Waals surface area (Å²) in [5, 5.41) is 0. The Kier molecular flexibility index (Phi) is 4.33. The summed E-state index contributed by atoms with van der Waals surface area (Å²) in [5.74, 6) is -0.657. The maximum Gasteiger partial charge on any atom is 0.156 e. The molecule has 0 saturated heterocycles. The molecular formula is C11H15BrFNO2S. The Hall–Kier alpha value is -0.460. The molecular weight excluding hydrogens is 309 g/mol. The van der Waals surface area contributed by atoms with Crippen LogP contribution in [0.15, 0.2) is 22.7 Å². The number of hydrogen-bond acceptors (Lipinski definition) is 3. The van der Waals surface area contributed by atoms with Crippen LogP contribution in [-0.4, -0.2) is 19.7 Å². The van der Waals surface area contributed by atoms with E-state index in [1.807, 2.05) is 0 Å². The summed E-state index contributed by atoms with van der Waals surface area (Å²) in [4.78, 5) is 0. The third-order valence-corrected chi connectivity index (χ3v) is 4.66. The monoisotopic (exact) mass is 323 g/mol. The fraction of sp³-hybridized carbons (Fsp3) is 0.455. The van der Waals surface area contributed by atoms with Gasteiger partial charge in [-0.05, 0) is 31.5 Å². The van der Waals surface area contributed by atoms with E-state index in [9.17, 15) is 12.8 Å². The number of hydrogen-bond donors (Lipinski definition) is 1. The molecule has 0 spiro atoms. The zero-order valence-electron chi connectivity index (χ0n) is 9.70. The average molecular weight is 324 g/mol. The maximum absolute atomic E-state index is 12.9. The average Bonchev–Trinajstić information content (AvgIpc) is 2.05. The summed E-state index contributed by atoms with van der Waals surface area (Å²) in [5.41, 5.74) is 5.45. The predicted molar refractivity (Wildman–Crippen MR) is 69.9 cm³/mol. The van der Waals surface area contributed by atoms with Gasteiger partial charge in [0, 0.05) is 10.0 Å². The van der Waals surface area contributed by atoms with Gasteiger partial charge in [-0.1, -0.05) is 22.0 Å². The molecule has 0 fully saturated rings. The van der Waals surface area contributed by atoms with Crippen LogP contribution >= 0.6 is 15.9 Å². The van der Waals surface area contributed by atoms with Crippen LogP contribution in [0.4, 0.5) is 4.39 Å². The summed E-state index contributed by atoms with van der Waals surface area (Å²) in [6.07, 6.45) is 0. The molecule has 0 heterocycles. The van der Waals surface area contributed by atoms with Gasteiger partial charge < -0.3 is 5.73 Å². The molecule has 3 nitrogen and oxygen atoms in total. The highest BCUT2D eigenvalue weighted by atomic mass is 79.9. The van der Waals surface area contributed by atoms with E-state index >= 15 is 0 Å². The van der Waals surface area contributed by atoms with Gasteiger partial charge in [0.05, 0.1) is 11.5 Å². The first-order valence-corrected chi connectivity index (χ1v) is 7.64. The summed E-state index contributed by atoms with van der Waals surface area (Å²) in [6.45, 7) is 3.31. The van der Waals surface area contributed by atoms with E-state index in [2.05, 4.69) is 15.9 Å². The standard InChI is InChI=1S/C11H15BrFNO2S/c1-11(2,14)7-17(15,16)6-8-3-4-9(13)5-10(8)12/h3-5H,6-7,14H2,1-2H3. The Balaban J connectivity index is 2.91. The lowest BCUT2D eigenvalue weighted by Crippen LogP contribution is -2.40. The normalized spacial score (nSPS) is 12.8. The number of benzene rings is 1. The highest BCUT2D eigenvalue weighted by Gasteiger charge is 2.23. The van der Waals surface area contributed by atoms with Crippen LogP contribution in [0.5, 0.6) is 0 Å². The number of nitrogens with two attached hydrogens (primary N) is 1. The molecule has 1 rings (SSSR count). The van der Waals surface area contributed by atoms with E-state index in [1.165, 1.54) is 18.2 Å². The van der Waals surface area contributed by atoms with E-state index in [0.29, 0.717) is 10.0 Å². The van der Waals surface area contributed by atoms with Gasteiger partial charge in [0.25, 0.3) is 0 Å². The van der Waals surface area contributed by atoms with Crippen molar-refractivity contribution in [1.82, 2.24) is 0 Å². The molecule has 0 atom stereocenters. The molecule has 0 bridgehead atoms. The first-order chi connectivity index (χ1) is 7.59. The van der Waals surface area contributed by atoms with Crippen molar-refractivity contribution in [3.8, 4) is 0 Å². The maximum atomic E-state index is 12.9. The lowest BCUT2D eigenvalue weighted by Gasteiger charge is -2.18. The van der Waals surface area contributed by atoms with E-state index < -0.39 is 21.2 Å². The van der Waals surface area contributed by atoms with Crippen LogP contribution in [-0.2, 0) is 15.6 Å². The Morgan fingerprint density at radius 1 is 1.41 bits per heavy atom. The molecule has 0 aromatic heterocycles. The molecule has 96 valence electrons. The van der Waals surface area contributed by atoms with Gasteiger partial charge in [-0.25, -0.2) is 12.8 Å². The minimum atomic E-state index is -3.31. The molecule has 0 saturated carbocycles. The fourth-order valence-corrected chi connectivity index (χ4v) is 4.13. The van der Waals surface area contributed by atoms with E-state index in [4.69, 9.17) is 5.73 Å². The second kappa shape index (κ2) is 5.04. The van der Waals surface area contributed by atoms with Gasteiger partial charge in [-0.15, -0.1) is 0 Å². The SMILES string of the molecule is CC(C)(N)CS(=O)(=O)Cc1ccc(F)cc1Br. The van der Waals surface area contributed by atoms with Crippen LogP contribution in [0.2, 0.25) is 0 Å². The molecule has 1 aromatic carbocycles. The predicted octanol–water partition coefficient (Wildman–Crippen LogP) is 2.24. The van der Waals surface area contributed by atoms with Crippen LogP contribution in [0, 0.1) is 5.82 Å². The Labute approximate surface area is 109 Å². The van der Waals surface area contributed by atoms with Crippen molar-refractivity contribution in [2.45, 2.75) is 25.1 Å². The van der Waals surface area contributed by atoms with Gasteiger partial charge >= 0.3 is 0 Å². The lowest BCUT2D eigenvalue weighted by atomic mass is 10.1.